The molecule has 9 heteroatoms. The summed E-state index contributed by atoms with van der Waals surface area (Å²) in [7, 11) is 0. The second kappa shape index (κ2) is 7.04. The number of aryl methyl sites for hydroxylation is 1. The molecule has 0 unspecified atom stereocenters. The lowest BCUT2D eigenvalue weighted by Crippen LogP contribution is -2.20. The first kappa shape index (κ1) is 17.5. The third-order valence-electron chi connectivity index (χ3n) is 4.75. The van der Waals surface area contributed by atoms with Crippen LogP contribution in [0, 0.1) is 12.3 Å². The van der Waals surface area contributed by atoms with Crippen molar-refractivity contribution in [2.24, 2.45) is 5.16 Å². The number of nitrogens with one attached hydrogen (secondary N) is 2. The maximum atomic E-state index is 9.16. The number of hydrogen-bond acceptors (Lipinski definition) is 7. The van der Waals surface area contributed by atoms with Crippen molar-refractivity contribution in [3.05, 3.63) is 35.2 Å². The second-order valence-corrected chi connectivity index (χ2v) is 6.79. The Morgan fingerprint density at radius 3 is 2.93 bits per heavy atom. The number of hydrazine groups is 1. The minimum absolute atomic E-state index is 0.182. The summed E-state index contributed by atoms with van der Waals surface area (Å²) in [6, 6.07) is 5.54. The molecule has 0 aliphatic carbocycles. The van der Waals surface area contributed by atoms with Crippen LogP contribution in [0.4, 0.5) is 0 Å². The molecule has 0 radical (unpaired) electrons. The maximum Gasteiger partial charge on any atom is 0.264 e. The molecule has 27 heavy (non-hydrogen) atoms. The van der Waals surface area contributed by atoms with E-state index in [1.165, 1.54) is 12.6 Å². The minimum Gasteiger partial charge on any atom is -0.422 e. The van der Waals surface area contributed by atoms with Crippen LogP contribution in [-0.4, -0.2) is 31.8 Å². The van der Waals surface area contributed by atoms with Gasteiger partial charge in [-0.05, 0) is 25.0 Å². The monoisotopic (exact) mass is 384 g/mol. The van der Waals surface area contributed by atoms with Crippen LogP contribution in [0.1, 0.15) is 24.8 Å². The third kappa shape index (κ3) is 3.28. The Labute approximate surface area is 160 Å². The lowest BCUT2D eigenvalue weighted by atomic mass is 10.1. The van der Waals surface area contributed by atoms with Gasteiger partial charge < -0.3 is 14.2 Å². The fourth-order valence-corrected chi connectivity index (χ4v) is 3.49. The summed E-state index contributed by atoms with van der Waals surface area (Å²) in [6.45, 7) is 0.637. The second-order valence-electron chi connectivity index (χ2n) is 6.35. The molecule has 3 heterocycles. The average molecular weight is 385 g/mol. The molecule has 0 spiro atoms. The molecule has 3 N–H and O–H groups in total. The molecule has 1 aliphatic rings. The van der Waals surface area contributed by atoms with Crippen molar-refractivity contribution in [3.8, 4) is 23.9 Å². The summed E-state index contributed by atoms with van der Waals surface area (Å²) in [5.41, 5.74) is 8.46. The summed E-state index contributed by atoms with van der Waals surface area (Å²) < 4.78 is 7.49. The Bertz CT molecular complexity index is 1030. The normalized spacial score (nSPS) is 15.4. The topological polar surface area (TPSA) is 120 Å². The SMILES string of the molecule is C#CCCC1(CCn2c(-c3nnco3)c(/C=N/O)c3ccc(Cl)cc32)NN1. The Hall–Kier alpha value is -2.86. The van der Waals surface area contributed by atoms with Crippen molar-refractivity contribution >= 4 is 28.7 Å². The van der Waals surface area contributed by atoms with E-state index in [-0.39, 0.29) is 5.66 Å². The van der Waals surface area contributed by atoms with Gasteiger partial charge in [-0.1, -0.05) is 22.8 Å². The number of oxime groups is 1. The molecule has 0 saturated carbocycles. The smallest absolute Gasteiger partial charge is 0.264 e. The molecule has 0 atom stereocenters. The molecule has 1 fully saturated rings. The van der Waals surface area contributed by atoms with E-state index in [0.717, 1.165) is 23.7 Å². The van der Waals surface area contributed by atoms with Crippen LogP contribution in [0.5, 0.6) is 0 Å². The Morgan fingerprint density at radius 2 is 2.26 bits per heavy atom. The summed E-state index contributed by atoms with van der Waals surface area (Å²) in [6.07, 6.45) is 10.3. The van der Waals surface area contributed by atoms with Crippen molar-refractivity contribution < 1.29 is 9.62 Å². The van der Waals surface area contributed by atoms with E-state index in [1.807, 2.05) is 16.7 Å². The van der Waals surface area contributed by atoms with Gasteiger partial charge in [0.2, 0.25) is 6.39 Å². The number of benzene rings is 1. The molecule has 0 bridgehead atoms. The van der Waals surface area contributed by atoms with Crippen LogP contribution in [0.15, 0.2) is 34.2 Å². The highest BCUT2D eigenvalue weighted by molar-refractivity contribution is 6.31. The molecule has 1 saturated heterocycles. The highest BCUT2D eigenvalue weighted by Gasteiger charge is 2.40. The van der Waals surface area contributed by atoms with Gasteiger partial charge in [0.05, 0.1) is 17.4 Å². The van der Waals surface area contributed by atoms with Crippen LogP contribution in [0.25, 0.3) is 22.5 Å². The molecule has 4 rings (SSSR count). The molecule has 3 aromatic rings. The molecule has 1 aromatic carbocycles. The van der Waals surface area contributed by atoms with Gasteiger partial charge in [-0.15, -0.1) is 22.5 Å². The van der Waals surface area contributed by atoms with Gasteiger partial charge >= 0.3 is 0 Å². The van der Waals surface area contributed by atoms with Gasteiger partial charge in [-0.3, -0.25) is 0 Å². The molecule has 2 aromatic heterocycles. The zero-order valence-electron chi connectivity index (χ0n) is 14.3. The van der Waals surface area contributed by atoms with Crippen molar-refractivity contribution in [2.45, 2.75) is 31.5 Å². The van der Waals surface area contributed by atoms with Crippen LogP contribution in [0.2, 0.25) is 5.02 Å². The first-order chi connectivity index (χ1) is 13.2. The van der Waals surface area contributed by atoms with Crippen molar-refractivity contribution in [1.82, 2.24) is 25.6 Å². The van der Waals surface area contributed by atoms with Gasteiger partial charge in [0, 0.05) is 28.9 Å². The Kier molecular flexibility index (Phi) is 4.58. The van der Waals surface area contributed by atoms with Crippen LogP contribution < -0.4 is 10.9 Å². The number of aromatic nitrogens is 3. The van der Waals surface area contributed by atoms with Gasteiger partial charge in [0.15, 0.2) is 0 Å². The predicted octanol–water partition coefficient (Wildman–Crippen LogP) is 2.76. The zero-order valence-corrected chi connectivity index (χ0v) is 15.1. The van der Waals surface area contributed by atoms with Crippen molar-refractivity contribution in [3.63, 3.8) is 0 Å². The van der Waals surface area contributed by atoms with E-state index in [1.54, 1.807) is 6.07 Å². The predicted molar refractivity (Wildman–Crippen MR) is 101 cm³/mol. The largest absolute Gasteiger partial charge is 0.422 e. The number of terminal acetylenes is 1. The summed E-state index contributed by atoms with van der Waals surface area (Å²) in [4.78, 5) is 0. The Morgan fingerprint density at radius 1 is 1.41 bits per heavy atom. The van der Waals surface area contributed by atoms with E-state index in [0.29, 0.717) is 35.1 Å². The first-order valence-corrected chi connectivity index (χ1v) is 8.79. The average Bonchev–Trinajstić information content (AvgIpc) is 3.10. The quantitative estimate of drug-likeness (QED) is 0.189. The molecular weight excluding hydrogens is 368 g/mol. The molecule has 1 aliphatic heterocycles. The van der Waals surface area contributed by atoms with Crippen molar-refractivity contribution in [2.75, 3.05) is 0 Å². The van der Waals surface area contributed by atoms with E-state index >= 15 is 0 Å². The van der Waals surface area contributed by atoms with Gasteiger partial charge in [0.1, 0.15) is 5.69 Å². The van der Waals surface area contributed by atoms with E-state index in [9.17, 15) is 0 Å². The summed E-state index contributed by atoms with van der Waals surface area (Å²) >= 11 is 6.23. The van der Waals surface area contributed by atoms with Crippen LogP contribution in [0.3, 0.4) is 0 Å². The van der Waals surface area contributed by atoms with Gasteiger partial charge in [0.25, 0.3) is 5.89 Å². The number of nitrogens with zero attached hydrogens (tertiary/aromatic N) is 4. The fraction of sp³-hybridized carbons (Fsp3) is 0.278. The van der Waals surface area contributed by atoms with Gasteiger partial charge in [-0.2, -0.15) is 0 Å². The van der Waals surface area contributed by atoms with Crippen LogP contribution >= 0.6 is 11.6 Å². The highest BCUT2D eigenvalue weighted by Crippen LogP contribution is 2.35. The first-order valence-electron chi connectivity index (χ1n) is 8.41. The fourth-order valence-electron chi connectivity index (χ4n) is 3.33. The third-order valence-corrected chi connectivity index (χ3v) is 4.99. The van der Waals surface area contributed by atoms with E-state index < -0.39 is 0 Å². The molecule has 138 valence electrons. The Balaban J connectivity index is 1.81. The van der Waals surface area contributed by atoms with E-state index in [2.05, 4.69) is 32.1 Å². The molecular formula is C18H17ClN6O2. The van der Waals surface area contributed by atoms with Crippen LogP contribution in [-0.2, 0) is 6.54 Å². The zero-order chi connectivity index (χ0) is 18.9. The molecule has 8 nitrogen and oxygen atoms in total. The highest BCUT2D eigenvalue weighted by atomic mass is 35.5. The number of hydrogen-bond donors (Lipinski definition) is 3. The molecule has 0 amide bonds. The van der Waals surface area contributed by atoms with Gasteiger partial charge in [-0.25, -0.2) is 10.9 Å². The summed E-state index contributed by atoms with van der Waals surface area (Å²) in [5, 5.41) is 21.7. The lowest BCUT2D eigenvalue weighted by molar-refractivity contribution is 0.322. The lowest BCUT2D eigenvalue weighted by Gasteiger charge is -2.14. The minimum atomic E-state index is -0.182. The van der Waals surface area contributed by atoms with E-state index in [4.69, 9.17) is 27.6 Å². The van der Waals surface area contributed by atoms with Crippen molar-refractivity contribution in [1.29, 1.82) is 0 Å². The number of halogens is 1. The maximum absolute atomic E-state index is 9.16. The number of fused-ring (bicyclic) bond motifs is 1. The summed E-state index contributed by atoms with van der Waals surface area (Å²) in [5.74, 6) is 3.01. The standard InChI is InChI=1S/C18H17ClN6O2/c1-2-3-6-18(23-24-18)7-8-25-15-9-12(19)4-5-13(15)14(10-21-26)16(25)17-22-20-11-27-17/h1,4-5,9-11,23-24,26H,3,6-8H2/b21-10+. The number of rotatable bonds is 7.